The molecular weight excluding hydrogens is 340 g/mol. The van der Waals surface area contributed by atoms with Crippen molar-refractivity contribution in [2.24, 2.45) is 5.10 Å². The maximum Gasteiger partial charge on any atom is 0.337 e. The van der Waals surface area contributed by atoms with Crippen LogP contribution in [0.1, 0.15) is 27.3 Å². The molecule has 3 aromatic rings. The minimum atomic E-state index is -0.382. The number of rotatable bonds is 4. The first-order valence-electron chi connectivity index (χ1n) is 7.43. The fraction of sp³-hybridized carbons (Fsp3) is 0.188. The van der Waals surface area contributed by atoms with E-state index in [1.165, 1.54) is 11.8 Å². The number of nitrogens with one attached hydrogen (secondary N) is 1. The summed E-state index contributed by atoms with van der Waals surface area (Å²) in [6.45, 7) is 3.83. The molecule has 0 amide bonds. The highest BCUT2D eigenvalue weighted by atomic mass is 32.1. The van der Waals surface area contributed by atoms with Crippen LogP contribution in [-0.2, 0) is 4.74 Å². The number of aromatic nitrogens is 5. The zero-order valence-electron chi connectivity index (χ0n) is 13.9. The number of H-pyrrole nitrogens is 1. The number of ether oxygens (including phenoxy) is 1. The zero-order chi connectivity index (χ0) is 18.0. The smallest absolute Gasteiger partial charge is 0.337 e. The summed E-state index contributed by atoms with van der Waals surface area (Å²) in [4.78, 5) is 11.5. The Balaban J connectivity index is 1.92. The number of aryl methyl sites for hydroxylation is 2. The van der Waals surface area contributed by atoms with Crippen LogP contribution in [-0.4, -0.2) is 43.9 Å². The molecular formula is C16H16N6O2S. The molecule has 2 heterocycles. The second-order valence-corrected chi connectivity index (χ2v) is 5.72. The first-order chi connectivity index (χ1) is 12.0. The summed E-state index contributed by atoms with van der Waals surface area (Å²) in [5.74, 6) is 0.0883. The lowest BCUT2D eigenvalue weighted by Gasteiger charge is -2.03. The lowest BCUT2D eigenvalue weighted by molar-refractivity contribution is 0.0600. The van der Waals surface area contributed by atoms with Crippen molar-refractivity contribution in [3.63, 3.8) is 0 Å². The standard InChI is InChI=1S/C16H16N6O2S/c1-10-8-11(2)21(20-10)15-18-19-16(25)22(15)17-9-12-4-6-13(7-5-12)14(23)24-3/h4-9H,1-3H3,(H,19,25). The van der Waals surface area contributed by atoms with Crippen molar-refractivity contribution in [1.82, 2.24) is 24.7 Å². The molecule has 0 spiro atoms. The van der Waals surface area contributed by atoms with Gasteiger partial charge in [0.15, 0.2) is 0 Å². The molecule has 1 aromatic carbocycles. The Morgan fingerprint density at radius 1 is 1.32 bits per heavy atom. The number of hydrogen-bond acceptors (Lipinski definition) is 6. The van der Waals surface area contributed by atoms with E-state index >= 15 is 0 Å². The van der Waals surface area contributed by atoms with E-state index in [-0.39, 0.29) is 5.97 Å². The molecule has 0 aliphatic carbocycles. The number of aromatic amines is 1. The van der Waals surface area contributed by atoms with E-state index in [9.17, 15) is 4.79 Å². The zero-order valence-corrected chi connectivity index (χ0v) is 14.7. The molecule has 0 radical (unpaired) electrons. The Bertz CT molecular complexity index is 997. The third kappa shape index (κ3) is 3.41. The van der Waals surface area contributed by atoms with E-state index < -0.39 is 0 Å². The fourth-order valence-corrected chi connectivity index (χ4v) is 2.48. The monoisotopic (exact) mass is 356 g/mol. The third-order valence-electron chi connectivity index (χ3n) is 3.49. The van der Waals surface area contributed by atoms with Crippen molar-refractivity contribution in [2.75, 3.05) is 7.11 Å². The van der Waals surface area contributed by atoms with Crippen molar-refractivity contribution in [3.8, 4) is 5.95 Å². The van der Waals surface area contributed by atoms with Crippen LogP contribution in [0.3, 0.4) is 0 Å². The first-order valence-corrected chi connectivity index (χ1v) is 7.84. The number of nitrogens with zero attached hydrogens (tertiary/aromatic N) is 5. The molecule has 0 saturated heterocycles. The van der Waals surface area contributed by atoms with Crippen LogP contribution < -0.4 is 0 Å². The Hall–Kier alpha value is -3.07. The van der Waals surface area contributed by atoms with Crippen LogP contribution in [0, 0.1) is 18.6 Å². The second-order valence-electron chi connectivity index (χ2n) is 5.34. The van der Waals surface area contributed by atoms with E-state index in [1.807, 2.05) is 19.9 Å². The fourth-order valence-electron chi connectivity index (χ4n) is 2.30. The van der Waals surface area contributed by atoms with E-state index in [2.05, 4.69) is 25.1 Å². The lowest BCUT2D eigenvalue weighted by atomic mass is 10.1. The molecule has 25 heavy (non-hydrogen) atoms. The molecule has 0 fully saturated rings. The lowest BCUT2D eigenvalue weighted by Crippen LogP contribution is -2.07. The van der Waals surface area contributed by atoms with Crippen LogP contribution >= 0.6 is 12.2 Å². The van der Waals surface area contributed by atoms with Crippen LogP contribution in [0.2, 0.25) is 0 Å². The van der Waals surface area contributed by atoms with Crippen molar-refractivity contribution >= 4 is 24.4 Å². The predicted octanol–water partition coefficient (Wildman–Crippen LogP) is 2.41. The van der Waals surface area contributed by atoms with Crippen LogP contribution in [0.4, 0.5) is 0 Å². The number of hydrogen-bond donors (Lipinski definition) is 1. The van der Waals surface area contributed by atoms with Crippen molar-refractivity contribution in [2.45, 2.75) is 13.8 Å². The maximum atomic E-state index is 11.5. The molecule has 9 heteroatoms. The van der Waals surface area contributed by atoms with Gasteiger partial charge in [-0.25, -0.2) is 14.6 Å². The molecule has 8 nitrogen and oxygen atoms in total. The molecule has 2 aromatic heterocycles. The predicted molar refractivity (Wildman–Crippen MR) is 94.8 cm³/mol. The molecule has 0 aliphatic rings. The quantitative estimate of drug-likeness (QED) is 0.440. The van der Waals surface area contributed by atoms with E-state index in [1.54, 1.807) is 35.2 Å². The average Bonchev–Trinajstić information content (AvgIpc) is 3.14. The maximum absolute atomic E-state index is 11.5. The first kappa shape index (κ1) is 16.8. The van der Waals surface area contributed by atoms with Gasteiger partial charge < -0.3 is 4.74 Å². The SMILES string of the molecule is COC(=O)c1ccc(C=Nn2c(-n3nc(C)cc3C)n[nH]c2=S)cc1. The summed E-state index contributed by atoms with van der Waals surface area (Å²) in [6.07, 6.45) is 1.63. The normalized spacial score (nSPS) is 11.2. The Kier molecular flexibility index (Phi) is 4.57. The summed E-state index contributed by atoms with van der Waals surface area (Å²) in [5.41, 5.74) is 3.07. The molecule has 0 unspecified atom stereocenters. The highest BCUT2D eigenvalue weighted by molar-refractivity contribution is 7.71. The van der Waals surface area contributed by atoms with Gasteiger partial charge in [0.25, 0.3) is 5.95 Å². The highest BCUT2D eigenvalue weighted by Gasteiger charge is 2.11. The van der Waals surface area contributed by atoms with Crippen LogP contribution in [0.25, 0.3) is 5.95 Å². The average molecular weight is 356 g/mol. The highest BCUT2D eigenvalue weighted by Crippen LogP contribution is 2.10. The summed E-state index contributed by atoms with van der Waals surface area (Å²) >= 11 is 5.24. The molecule has 1 N–H and O–H groups in total. The van der Waals surface area contributed by atoms with Gasteiger partial charge in [-0.05, 0) is 49.8 Å². The molecule has 0 aliphatic heterocycles. The van der Waals surface area contributed by atoms with E-state index in [0.717, 1.165) is 17.0 Å². The van der Waals surface area contributed by atoms with E-state index in [4.69, 9.17) is 12.2 Å². The number of benzene rings is 1. The summed E-state index contributed by atoms with van der Waals surface area (Å²) < 4.78 is 8.18. The summed E-state index contributed by atoms with van der Waals surface area (Å²) in [7, 11) is 1.35. The van der Waals surface area contributed by atoms with E-state index in [0.29, 0.717) is 16.3 Å². The van der Waals surface area contributed by atoms with Gasteiger partial charge >= 0.3 is 5.97 Å². The van der Waals surface area contributed by atoms with Gasteiger partial charge in [0.05, 0.1) is 24.6 Å². The molecule has 0 atom stereocenters. The third-order valence-corrected chi connectivity index (χ3v) is 3.75. The van der Waals surface area contributed by atoms with Crippen molar-refractivity contribution < 1.29 is 9.53 Å². The number of carbonyl (C=O) groups excluding carboxylic acids is 1. The second kappa shape index (κ2) is 6.81. The number of methoxy groups -OCH3 is 1. The molecule has 128 valence electrons. The minimum Gasteiger partial charge on any atom is -0.465 e. The number of esters is 1. The molecule has 3 rings (SSSR count). The molecule has 0 bridgehead atoms. The van der Waals surface area contributed by atoms with Gasteiger partial charge in [-0.15, -0.1) is 5.10 Å². The number of carbonyl (C=O) groups is 1. The van der Waals surface area contributed by atoms with Crippen LogP contribution in [0.5, 0.6) is 0 Å². The Morgan fingerprint density at radius 2 is 2.04 bits per heavy atom. The van der Waals surface area contributed by atoms with Gasteiger partial charge in [0.1, 0.15) is 0 Å². The Labute approximate surface area is 148 Å². The molecule has 0 saturated carbocycles. The van der Waals surface area contributed by atoms with Crippen molar-refractivity contribution in [1.29, 1.82) is 0 Å². The van der Waals surface area contributed by atoms with Gasteiger partial charge in [-0.1, -0.05) is 12.1 Å². The largest absolute Gasteiger partial charge is 0.465 e. The van der Waals surface area contributed by atoms with Gasteiger partial charge in [-0.3, -0.25) is 0 Å². The summed E-state index contributed by atoms with van der Waals surface area (Å²) in [5, 5.41) is 15.7. The van der Waals surface area contributed by atoms with Crippen LogP contribution in [0.15, 0.2) is 35.4 Å². The van der Waals surface area contributed by atoms with Gasteiger partial charge in [-0.2, -0.15) is 14.9 Å². The Morgan fingerprint density at radius 3 is 2.64 bits per heavy atom. The van der Waals surface area contributed by atoms with Crippen molar-refractivity contribution in [3.05, 3.63) is 57.6 Å². The van der Waals surface area contributed by atoms with Gasteiger partial charge in [0.2, 0.25) is 4.77 Å². The topological polar surface area (TPSA) is 90.1 Å². The van der Waals surface area contributed by atoms with Gasteiger partial charge in [0, 0.05) is 5.69 Å². The minimum absolute atomic E-state index is 0.352. The summed E-state index contributed by atoms with van der Waals surface area (Å²) in [6, 6.07) is 8.82.